The van der Waals surface area contributed by atoms with Crippen LogP contribution in [0.1, 0.15) is 0 Å². The summed E-state index contributed by atoms with van der Waals surface area (Å²) < 4.78 is 0. The predicted octanol–water partition coefficient (Wildman–Crippen LogP) is -0.770. The second-order valence-electron chi connectivity index (χ2n) is 0.765. The van der Waals surface area contributed by atoms with Gasteiger partial charge in [-0.3, -0.25) is 0 Å². The molecule has 0 unspecified atom stereocenters. The standard InChI is InChI=1S/C2H2N2O4.K.Sr.3H/c5-1(6)3-4-2(7)8;;;;;/h(H,5,6)(H,7,8);;;;;. The Morgan fingerprint density at radius 1 is 1.00 bits per heavy atom. The minimum absolute atomic E-state index is 0. The summed E-state index contributed by atoms with van der Waals surface area (Å²) >= 11 is 0. The molecule has 0 bridgehead atoms. The molecule has 0 aromatic rings. The molecule has 0 saturated carbocycles. The van der Waals surface area contributed by atoms with E-state index in [0.29, 0.717) is 0 Å². The number of rotatable bonds is 0. The first-order chi connectivity index (χ1) is 3.63. The van der Waals surface area contributed by atoms with Crippen LogP contribution >= 0.6 is 0 Å². The Balaban J connectivity index is -0.000000245. The van der Waals surface area contributed by atoms with E-state index in [4.69, 9.17) is 10.2 Å². The molecule has 0 rings (SSSR count). The summed E-state index contributed by atoms with van der Waals surface area (Å²) in [5, 5.41) is 19.8. The molecular formula is C2H5KN2O4Sr. The van der Waals surface area contributed by atoms with Crippen LogP contribution in [0, 0.1) is 0 Å². The van der Waals surface area contributed by atoms with Crippen LogP contribution in [0.5, 0.6) is 0 Å². The number of hydrogen-bond donors (Lipinski definition) is 2. The Morgan fingerprint density at radius 2 is 1.20 bits per heavy atom. The van der Waals surface area contributed by atoms with Crippen molar-refractivity contribution >= 4 is 109 Å². The second kappa shape index (κ2) is 10.7. The maximum absolute atomic E-state index is 9.38. The number of hydrogen-bond acceptors (Lipinski definition) is 2. The Kier molecular flexibility index (Phi) is 18.8. The van der Waals surface area contributed by atoms with Crippen molar-refractivity contribution in [1.29, 1.82) is 0 Å². The third-order valence-electron chi connectivity index (χ3n) is 0.221. The Bertz CT molecular complexity index is 132. The second-order valence-corrected chi connectivity index (χ2v) is 0.765. The van der Waals surface area contributed by atoms with Crippen LogP contribution in [0.4, 0.5) is 9.59 Å². The monoisotopic (exact) mass is 248 g/mol. The Labute approximate surface area is 136 Å². The molecule has 8 heteroatoms. The summed E-state index contributed by atoms with van der Waals surface area (Å²) in [7, 11) is 0. The Hall–Kier alpha value is 1.66. The topological polar surface area (TPSA) is 99.3 Å². The number of nitrogens with zero attached hydrogens (tertiary/aromatic N) is 2. The molecule has 0 radical (unpaired) electrons. The molecule has 0 heterocycles. The average Bonchev–Trinajstić information content (AvgIpc) is 1.61. The van der Waals surface area contributed by atoms with Gasteiger partial charge < -0.3 is 10.2 Å². The van der Waals surface area contributed by atoms with Crippen molar-refractivity contribution in [2.75, 3.05) is 0 Å². The quantitative estimate of drug-likeness (QED) is 0.434. The normalized spacial score (nSPS) is 7.60. The van der Waals surface area contributed by atoms with E-state index in [1.165, 1.54) is 0 Å². The van der Waals surface area contributed by atoms with Gasteiger partial charge in [0, 0.05) is 0 Å². The summed E-state index contributed by atoms with van der Waals surface area (Å²) in [5.74, 6) is 0. The minimum atomic E-state index is -1.62. The maximum atomic E-state index is 9.38. The molecule has 0 aromatic heterocycles. The van der Waals surface area contributed by atoms with Gasteiger partial charge in [-0.05, 0) is 0 Å². The summed E-state index contributed by atoms with van der Waals surface area (Å²) in [6.07, 6.45) is -3.24. The van der Waals surface area contributed by atoms with Crippen LogP contribution in [-0.4, -0.2) is 119 Å². The molecule has 50 valence electrons. The molecular weight excluding hydrogens is 243 g/mol. The zero-order valence-electron chi connectivity index (χ0n) is 3.61. The third-order valence-corrected chi connectivity index (χ3v) is 0.221. The van der Waals surface area contributed by atoms with E-state index in [2.05, 4.69) is 10.2 Å². The Morgan fingerprint density at radius 3 is 1.30 bits per heavy atom. The van der Waals surface area contributed by atoms with Gasteiger partial charge in [-0.15, -0.1) is 0 Å². The summed E-state index contributed by atoms with van der Waals surface area (Å²) in [5.41, 5.74) is 0. The summed E-state index contributed by atoms with van der Waals surface area (Å²) in [4.78, 5) is 18.8. The van der Waals surface area contributed by atoms with Gasteiger partial charge in [0.2, 0.25) is 0 Å². The van der Waals surface area contributed by atoms with E-state index >= 15 is 0 Å². The van der Waals surface area contributed by atoms with E-state index in [1.54, 1.807) is 0 Å². The predicted molar refractivity (Wildman–Crippen MR) is 36.6 cm³/mol. The van der Waals surface area contributed by atoms with E-state index < -0.39 is 12.2 Å². The first-order valence-corrected chi connectivity index (χ1v) is 1.50. The first kappa shape index (κ1) is 17.7. The molecule has 0 aliphatic carbocycles. The SMILES string of the molecule is O=C(O)N=NC(=O)O.[KH].[SrH2]. The van der Waals surface area contributed by atoms with E-state index in [0.717, 1.165) is 0 Å². The van der Waals surface area contributed by atoms with Crippen LogP contribution < -0.4 is 0 Å². The van der Waals surface area contributed by atoms with Gasteiger partial charge in [0.15, 0.2) is 0 Å². The summed E-state index contributed by atoms with van der Waals surface area (Å²) in [6.45, 7) is 0. The average molecular weight is 248 g/mol. The van der Waals surface area contributed by atoms with Crippen molar-refractivity contribution in [2.24, 2.45) is 10.2 Å². The molecule has 0 aliphatic heterocycles. The number of carboxylic acid groups (broad SMARTS) is 2. The first-order valence-electron chi connectivity index (χ1n) is 1.50. The molecule has 0 fully saturated rings. The molecule has 2 amide bonds. The van der Waals surface area contributed by atoms with Crippen molar-refractivity contribution in [2.45, 2.75) is 0 Å². The molecule has 0 atom stereocenters. The summed E-state index contributed by atoms with van der Waals surface area (Å²) in [6, 6.07) is 0. The van der Waals surface area contributed by atoms with E-state index in [-0.39, 0.29) is 96.9 Å². The molecule has 0 aromatic carbocycles. The molecule has 0 spiro atoms. The molecule has 0 saturated heterocycles. The van der Waals surface area contributed by atoms with Crippen molar-refractivity contribution in [3.63, 3.8) is 0 Å². The molecule has 6 nitrogen and oxygen atoms in total. The van der Waals surface area contributed by atoms with Gasteiger partial charge in [0.25, 0.3) is 0 Å². The number of amides is 2. The van der Waals surface area contributed by atoms with Crippen molar-refractivity contribution in [3.8, 4) is 0 Å². The van der Waals surface area contributed by atoms with Gasteiger partial charge in [0.05, 0.1) is 0 Å². The third kappa shape index (κ3) is 16.3. The van der Waals surface area contributed by atoms with E-state index in [9.17, 15) is 9.59 Å². The number of carbonyl (C=O) groups is 2. The van der Waals surface area contributed by atoms with Crippen LogP contribution in [0.2, 0.25) is 0 Å². The molecule has 0 aliphatic rings. The zero-order valence-corrected chi connectivity index (χ0v) is 3.61. The fourth-order valence-electron chi connectivity index (χ4n) is 0.0855. The van der Waals surface area contributed by atoms with Crippen LogP contribution in [-0.2, 0) is 0 Å². The fraction of sp³-hybridized carbons (Fsp3) is 0. The van der Waals surface area contributed by atoms with E-state index in [1.807, 2.05) is 0 Å². The van der Waals surface area contributed by atoms with Gasteiger partial charge in [-0.1, -0.05) is 10.2 Å². The van der Waals surface area contributed by atoms with Crippen LogP contribution in [0.25, 0.3) is 0 Å². The van der Waals surface area contributed by atoms with Crippen LogP contribution in [0.3, 0.4) is 0 Å². The van der Waals surface area contributed by atoms with Crippen molar-refractivity contribution < 1.29 is 19.8 Å². The molecule has 2 N–H and O–H groups in total. The van der Waals surface area contributed by atoms with Crippen LogP contribution in [0.15, 0.2) is 10.2 Å². The van der Waals surface area contributed by atoms with Crippen molar-refractivity contribution in [1.82, 2.24) is 0 Å². The van der Waals surface area contributed by atoms with Gasteiger partial charge in [-0.25, -0.2) is 9.59 Å². The van der Waals surface area contributed by atoms with Crippen molar-refractivity contribution in [3.05, 3.63) is 0 Å². The number of azo groups is 1. The van der Waals surface area contributed by atoms with Gasteiger partial charge in [-0.2, -0.15) is 0 Å². The molecule has 10 heavy (non-hydrogen) atoms. The zero-order chi connectivity index (χ0) is 6.57. The fourth-order valence-corrected chi connectivity index (χ4v) is 0.0855. The van der Waals surface area contributed by atoms with Gasteiger partial charge in [0.1, 0.15) is 0 Å². The van der Waals surface area contributed by atoms with Gasteiger partial charge >= 0.3 is 109 Å².